The van der Waals surface area contributed by atoms with E-state index in [0.717, 1.165) is 18.2 Å². The van der Waals surface area contributed by atoms with Crippen LogP contribution < -0.4 is 10.5 Å². The largest absolute Gasteiger partial charge is 0.393 e. The van der Waals surface area contributed by atoms with Crippen molar-refractivity contribution in [3.05, 3.63) is 28.3 Å². The minimum atomic E-state index is -3.79. The summed E-state index contributed by atoms with van der Waals surface area (Å²) < 4.78 is 38.2. The molecule has 1 aliphatic heterocycles. The van der Waals surface area contributed by atoms with E-state index in [4.69, 9.17) is 5.73 Å². The molecule has 0 aromatic heterocycles. The van der Waals surface area contributed by atoms with Crippen LogP contribution in [0, 0.1) is 10.1 Å². The van der Waals surface area contributed by atoms with Crippen LogP contribution in [0.5, 0.6) is 0 Å². The fraction of sp³-hybridized carbons (Fsp3) is 0.455. The summed E-state index contributed by atoms with van der Waals surface area (Å²) in [6, 6.07) is 3.02. The molecule has 10 heteroatoms. The molecule has 1 aromatic rings. The molecule has 8 nitrogen and oxygen atoms in total. The SMILES string of the molecule is Nc1cc(S(=O)(=O)NC2CCS(=O)CC2)ccc1[N+](=O)[O-]. The fourth-order valence-corrected chi connectivity index (χ4v) is 4.70. The Kier molecular flexibility index (Phi) is 4.59. The number of nitro groups is 1. The number of hydrogen-bond donors (Lipinski definition) is 2. The maximum atomic E-state index is 12.2. The molecule has 0 atom stereocenters. The van der Waals surface area contributed by atoms with Gasteiger partial charge in [0.25, 0.3) is 5.69 Å². The van der Waals surface area contributed by atoms with Crippen molar-refractivity contribution < 1.29 is 17.6 Å². The smallest absolute Gasteiger partial charge is 0.292 e. The summed E-state index contributed by atoms with van der Waals surface area (Å²) in [7, 11) is -4.67. The molecular formula is C11H15N3O5S2. The van der Waals surface area contributed by atoms with Gasteiger partial charge in [-0.2, -0.15) is 0 Å². The summed E-state index contributed by atoms with van der Waals surface area (Å²) in [5.41, 5.74) is 4.96. The highest BCUT2D eigenvalue weighted by Crippen LogP contribution is 2.25. The van der Waals surface area contributed by atoms with Crippen LogP contribution in [0.1, 0.15) is 12.8 Å². The average Bonchev–Trinajstić information content (AvgIpc) is 2.40. The lowest BCUT2D eigenvalue weighted by molar-refractivity contribution is -0.383. The van der Waals surface area contributed by atoms with E-state index in [0.29, 0.717) is 24.3 Å². The molecule has 1 heterocycles. The Morgan fingerprint density at radius 2 is 1.95 bits per heavy atom. The van der Waals surface area contributed by atoms with Gasteiger partial charge >= 0.3 is 0 Å². The van der Waals surface area contributed by atoms with Crippen molar-refractivity contribution >= 4 is 32.2 Å². The van der Waals surface area contributed by atoms with Crippen LogP contribution in [0.3, 0.4) is 0 Å². The van der Waals surface area contributed by atoms with Gasteiger partial charge < -0.3 is 5.73 Å². The van der Waals surface area contributed by atoms with Crippen LogP contribution in [-0.4, -0.2) is 35.1 Å². The zero-order valence-corrected chi connectivity index (χ0v) is 12.7. The molecule has 0 radical (unpaired) electrons. The molecule has 1 fully saturated rings. The molecule has 0 spiro atoms. The zero-order valence-electron chi connectivity index (χ0n) is 11.0. The molecule has 1 saturated heterocycles. The first-order chi connectivity index (χ1) is 9.79. The molecular weight excluding hydrogens is 318 g/mol. The summed E-state index contributed by atoms with van der Waals surface area (Å²) in [4.78, 5) is 9.88. The number of nitro benzene ring substituents is 1. The molecule has 21 heavy (non-hydrogen) atoms. The van der Waals surface area contributed by atoms with Crippen molar-refractivity contribution in [2.45, 2.75) is 23.8 Å². The Balaban J connectivity index is 2.18. The maximum absolute atomic E-state index is 12.2. The second-order valence-corrected chi connectivity index (χ2v) is 8.13. The quantitative estimate of drug-likeness (QED) is 0.464. The maximum Gasteiger partial charge on any atom is 0.292 e. The number of anilines is 1. The molecule has 3 N–H and O–H groups in total. The van der Waals surface area contributed by atoms with E-state index >= 15 is 0 Å². The van der Waals surface area contributed by atoms with E-state index in [1.807, 2.05) is 0 Å². The third kappa shape index (κ3) is 3.77. The summed E-state index contributed by atoms with van der Waals surface area (Å²) in [6.07, 6.45) is 1.02. The molecule has 1 aliphatic rings. The van der Waals surface area contributed by atoms with E-state index < -0.39 is 25.7 Å². The second-order valence-electron chi connectivity index (χ2n) is 4.72. The van der Waals surface area contributed by atoms with Crippen LogP contribution >= 0.6 is 0 Å². The Hall–Kier alpha value is -1.52. The number of nitrogens with zero attached hydrogens (tertiary/aromatic N) is 1. The molecule has 0 unspecified atom stereocenters. The topological polar surface area (TPSA) is 132 Å². The van der Waals surface area contributed by atoms with Gasteiger partial charge in [0, 0.05) is 34.4 Å². The third-order valence-electron chi connectivity index (χ3n) is 3.22. The van der Waals surface area contributed by atoms with E-state index in [2.05, 4.69) is 4.72 Å². The number of nitrogen functional groups attached to an aromatic ring is 1. The highest BCUT2D eigenvalue weighted by molar-refractivity contribution is 7.89. The summed E-state index contributed by atoms with van der Waals surface area (Å²) in [6.45, 7) is 0. The molecule has 116 valence electrons. The van der Waals surface area contributed by atoms with Crippen LogP contribution in [0.2, 0.25) is 0 Å². The van der Waals surface area contributed by atoms with Crippen molar-refractivity contribution in [3.63, 3.8) is 0 Å². The lowest BCUT2D eigenvalue weighted by Crippen LogP contribution is -2.39. The number of hydrogen-bond acceptors (Lipinski definition) is 6. The van der Waals surface area contributed by atoms with E-state index in [9.17, 15) is 22.7 Å². The monoisotopic (exact) mass is 333 g/mol. The van der Waals surface area contributed by atoms with Gasteiger partial charge in [-0.15, -0.1) is 0 Å². The molecule has 0 bridgehead atoms. The van der Waals surface area contributed by atoms with E-state index in [1.165, 1.54) is 0 Å². The standard InChI is InChI=1S/C11H15N3O5S2/c12-10-7-9(1-2-11(10)14(15)16)21(18,19)13-8-3-5-20(17)6-4-8/h1-2,7-8,13H,3-6,12H2. The van der Waals surface area contributed by atoms with E-state index in [1.54, 1.807) is 0 Å². The van der Waals surface area contributed by atoms with Gasteiger partial charge in [0.1, 0.15) is 5.69 Å². The lowest BCUT2D eigenvalue weighted by Gasteiger charge is -2.22. The highest BCUT2D eigenvalue weighted by atomic mass is 32.2. The summed E-state index contributed by atoms with van der Waals surface area (Å²) in [5, 5.41) is 10.7. The third-order valence-corrected chi connectivity index (χ3v) is 6.12. The Morgan fingerprint density at radius 1 is 1.33 bits per heavy atom. The van der Waals surface area contributed by atoms with Gasteiger partial charge in [-0.1, -0.05) is 0 Å². The van der Waals surface area contributed by atoms with Crippen molar-refractivity contribution in [3.8, 4) is 0 Å². The summed E-state index contributed by atoms with van der Waals surface area (Å²) >= 11 is 0. The molecule has 0 aliphatic carbocycles. The van der Waals surface area contributed by atoms with Crippen LogP contribution in [-0.2, 0) is 20.8 Å². The van der Waals surface area contributed by atoms with Crippen molar-refractivity contribution in [2.24, 2.45) is 0 Å². The predicted octanol–water partition coefficient (Wildman–Crippen LogP) is 0.366. The molecule has 2 rings (SSSR count). The van der Waals surface area contributed by atoms with Gasteiger partial charge in [0.2, 0.25) is 10.0 Å². The van der Waals surface area contributed by atoms with Gasteiger partial charge in [-0.05, 0) is 25.0 Å². The minimum Gasteiger partial charge on any atom is -0.393 e. The Bertz CT molecular complexity index is 679. The van der Waals surface area contributed by atoms with Crippen molar-refractivity contribution in [2.75, 3.05) is 17.2 Å². The zero-order chi connectivity index (χ0) is 15.6. The summed E-state index contributed by atoms with van der Waals surface area (Å²) in [5.74, 6) is 0.936. The first-order valence-electron chi connectivity index (χ1n) is 6.21. The van der Waals surface area contributed by atoms with Gasteiger partial charge in [-0.25, -0.2) is 13.1 Å². The number of rotatable bonds is 4. The van der Waals surface area contributed by atoms with Crippen molar-refractivity contribution in [1.29, 1.82) is 0 Å². The number of benzene rings is 1. The number of nitrogens with one attached hydrogen (secondary N) is 1. The van der Waals surface area contributed by atoms with Crippen LogP contribution in [0.15, 0.2) is 23.1 Å². The molecule has 1 aromatic carbocycles. The molecule has 0 saturated carbocycles. The normalized spacial score (nSPS) is 22.9. The molecule has 0 amide bonds. The number of nitrogens with two attached hydrogens (primary N) is 1. The second kappa shape index (κ2) is 6.08. The number of sulfonamides is 1. The van der Waals surface area contributed by atoms with Gasteiger partial charge in [-0.3, -0.25) is 14.3 Å². The predicted molar refractivity (Wildman–Crippen MR) is 78.7 cm³/mol. The first kappa shape index (κ1) is 15.9. The Morgan fingerprint density at radius 3 is 2.48 bits per heavy atom. The van der Waals surface area contributed by atoms with Crippen LogP contribution in [0.4, 0.5) is 11.4 Å². The highest BCUT2D eigenvalue weighted by Gasteiger charge is 2.25. The van der Waals surface area contributed by atoms with E-state index in [-0.39, 0.29) is 22.3 Å². The lowest BCUT2D eigenvalue weighted by atomic mass is 10.2. The average molecular weight is 333 g/mol. The minimum absolute atomic E-state index is 0.114. The first-order valence-corrected chi connectivity index (χ1v) is 9.18. The fourth-order valence-electron chi connectivity index (χ4n) is 2.07. The van der Waals surface area contributed by atoms with Crippen molar-refractivity contribution in [1.82, 2.24) is 4.72 Å². The van der Waals surface area contributed by atoms with Crippen LogP contribution in [0.25, 0.3) is 0 Å². The van der Waals surface area contributed by atoms with Gasteiger partial charge in [0.05, 0.1) is 9.82 Å². The van der Waals surface area contributed by atoms with Gasteiger partial charge in [0.15, 0.2) is 0 Å². The Labute approximate surface area is 124 Å².